The number of nitrogens with zero attached hydrogens (tertiary/aromatic N) is 2. The van der Waals surface area contributed by atoms with Crippen LogP contribution in [-0.2, 0) is 11.3 Å². The van der Waals surface area contributed by atoms with Crippen LogP contribution in [0.15, 0.2) is 53.3 Å². The first-order valence-electron chi connectivity index (χ1n) is 8.85. The van der Waals surface area contributed by atoms with Gasteiger partial charge in [0.05, 0.1) is 5.69 Å². The maximum Gasteiger partial charge on any atom is 0.267 e. The van der Waals surface area contributed by atoms with Gasteiger partial charge in [-0.1, -0.05) is 17.7 Å². The minimum Gasteiger partial charge on any atom is -0.454 e. The first-order chi connectivity index (χ1) is 13.5. The first-order valence-corrected chi connectivity index (χ1v) is 8.85. The summed E-state index contributed by atoms with van der Waals surface area (Å²) in [7, 11) is 0. The van der Waals surface area contributed by atoms with Crippen LogP contribution in [0.2, 0.25) is 0 Å². The van der Waals surface area contributed by atoms with Gasteiger partial charge in [-0.25, -0.2) is 4.68 Å². The van der Waals surface area contributed by atoms with E-state index in [4.69, 9.17) is 9.47 Å². The van der Waals surface area contributed by atoms with Crippen LogP contribution >= 0.6 is 0 Å². The molecule has 142 valence electrons. The molecule has 1 N–H and O–H groups in total. The van der Waals surface area contributed by atoms with E-state index >= 15 is 0 Å². The topological polar surface area (TPSA) is 82.5 Å². The van der Waals surface area contributed by atoms with Gasteiger partial charge in [0, 0.05) is 23.4 Å². The van der Waals surface area contributed by atoms with Crippen molar-refractivity contribution in [3.8, 4) is 22.8 Å². The SMILES string of the molecule is Cc1ccc(C)c(-c2ccc(=O)n(CC(=O)Nc3ccc4c(c3)OCO4)n2)c1. The number of carbonyl (C=O) groups excluding carboxylic acids is 1. The zero-order valence-corrected chi connectivity index (χ0v) is 15.6. The monoisotopic (exact) mass is 377 g/mol. The molecular weight excluding hydrogens is 358 g/mol. The molecule has 0 atom stereocenters. The lowest BCUT2D eigenvalue weighted by molar-refractivity contribution is -0.117. The Balaban J connectivity index is 1.55. The van der Waals surface area contributed by atoms with Gasteiger partial charge in [0.25, 0.3) is 5.56 Å². The average molecular weight is 377 g/mol. The molecule has 4 rings (SSSR count). The number of aryl methyl sites for hydroxylation is 2. The lowest BCUT2D eigenvalue weighted by Gasteiger charge is -2.10. The molecule has 0 unspecified atom stereocenters. The predicted octanol–water partition coefficient (Wildman–Crippen LogP) is 2.89. The Morgan fingerprint density at radius 2 is 1.89 bits per heavy atom. The van der Waals surface area contributed by atoms with Crippen LogP contribution in [0.1, 0.15) is 11.1 Å². The van der Waals surface area contributed by atoms with Crippen molar-refractivity contribution in [1.82, 2.24) is 9.78 Å². The Bertz CT molecular complexity index is 1120. The predicted molar refractivity (Wildman–Crippen MR) is 105 cm³/mol. The molecule has 3 aromatic rings. The zero-order chi connectivity index (χ0) is 19.7. The quantitative estimate of drug-likeness (QED) is 0.756. The van der Waals surface area contributed by atoms with Gasteiger partial charge in [-0.3, -0.25) is 9.59 Å². The summed E-state index contributed by atoms with van der Waals surface area (Å²) in [6.07, 6.45) is 0. The Hall–Kier alpha value is -3.61. The van der Waals surface area contributed by atoms with Gasteiger partial charge in [-0.2, -0.15) is 5.10 Å². The number of nitrogens with one attached hydrogen (secondary N) is 1. The number of carbonyl (C=O) groups is 1. The molecule has 0 saturated carbocycles. The fraction of sp³-hybridized carbons (Fsp3) is 0.190. The Labute approximate surface area is 161 Å². The number of amides is 1. The van der Waals surface area contributed by atoms with Gasteiger partial charge in [-0.15, -0.1) is 0 Å². The van der Waals surface area contributed by atoms with E-state index in [1.54, 1.807) is 24.3 Å². The van der Waals surface area contributed by atoms with Crippen LogP contribution < -0.4 is 20.3 Å². The molecule has 28 heavy (non-hydrogen) atoms. The van der Waals surface area contributed by atoms with Crippen molar-refractivity contribution >= 4 is 11.6 Å². The lowest BCUT2D eigenvalue weighted by atomic mass is 10.0. The maximum atomic E-state index is 12.4. The third-order valence-corrected chi connectivity index (χ3v) is 4.49. The Morgan fingerprint density at radius 1 is 1.07 bits per heavy atom. The van der Waals surface area contributed by atoms with E-state index in [2.05, 4.69) is 10.4 Å². The van der Waals surface area contributed by atoms with E-state index in [1.165, 1.54) is 10.7 Å². The summed E-state index contributed by atoms with van der Waals surface area (Å²) in [4.78, 5) is 24.6. The number of benzene rings is 2. The summed E-state index contributed by atoms with van der Waals surface area (Å²) >= 11 is 0. The van der Waals surface area contributed by atoms with E-state index in [1.807, 2.05) is 32.0 Å². The summed E-state index contributed by atoms with van der Waals surface area (Å²) < 4.78 is 11.7. The van der Waals surface area contributed by atoms with Crippen LogP contribution in [-0.4, -0.2) is 22.5 Å². The molecular formula is C21H19N3O4. The number of rotatable bonds is 4. The highest BCUT2D eigenvalue weighted by Crippen LogP contribution is 2.34. The third-order valence-electron chi connectivity index (χ3n) is 4.49. The molecule has 0 spiro atoms. The van der Waals surface area contributed by atoms with Crippen LogP contribution in [0, 0.1) is 13.8 Å². The number of fused-ring (bicyclic) bond motifs is 1. The highest BCUT2D eigenvalue weighted by molar-refractivity contribution is 5.90. The number of hydrogen-bond donors (Lipinski definition) is 1. The molecule has 0 radical (unpaired) electrons. The molecule has 2 heterocycles. The van der Waals surface area contributed by atoms with Gasteiger partial charge in [0.1, 0.15) is 6.54 Å². The molecule has 0 bridgehead atoms. The first kappa shape index (κ1) is 17.8. The summed E-state index contributed by atoms with van der Waals surface area (Å²) in [5.74, 6) is 0.855. The second-order valence-electron chi connectivity index (χ2n) is 6.65. The van der Waals surface area contributed by atoms with Crippen molar-refractivity contribution in [2.75, 3.05) is 12.1 Å². The minimum atomic E-state index is -0.355. The van der Waals surface area contributed by atoms with Gasteiger partial charge < -0.3 is 14.8 Å². The average Bonchev–Trinajstić information content (AvgIpc) is 3.13. The molecule has 0 saturated heterocycles. The summed E-state index contributed by atoms with van der Waals surface area (Å²) in [5.41, 5.74) is 3.96. The normalized spacial score (nSPS) is 12.1. The van der Waals surface area contributed by atoms with Gasteiger partial charge in [0.2, 0.25) is 12.7 Å². The molecule has 7 nitrogen and oxygen atoms in total. The molecule has 7 heteroatoms. The smallest absolute Gasteiger partial charge is 0.267 e. The molecule has 1 aliphatic heterocycles. The third kappa shape index (κ3) is 3.59. The van der Waals surface area contributed by atoms with Crippen LogP contribution in [0.4, 0.5) is 5.69 Å². The Kier molecular flexibility index (Phi) is 4.57. The van der Waals surface area contributed by atoms with Crippen molar-refractivity contribution in [1.29, 1.82) is 0 Å². The van der Waals surface area contributed by atoms with E-state index in [0.29, 0.717) is 22.9 Å². The fourth-order valence-corrected chi connectivity index (χ4v) is 3.03. The van der Waals surface area contributed by atoms with Crippen LogP contribution in [0.25, 0.3) is 11.3 Å². The summed E-state index contributed by atoms with van der Waals surface area (Å²) in [5, 5.41) is 7.14. The molecule has 1 aromatic heterocycles. The van der Waals surface area contributed by atoms with Crippen molar-refractivity contribution < 1.29 is 14.3 Å². The molecule has 1 amide bonds. The largest absolute Gasteiger partial charge is 0.454 e. The number of aromatic nitrogens is 2. The highest BCUT2D eigenvalue weighted by Gasteiger charge is 2.15. The molecule has 0 fully saturated rings. The van der Waals surface area contributed by atoms with Gasteiger partial charge in [-0.05, 0) is 43.7 Å². The second-order valence-corrected chi connectivity index (χ2v) is 6.65. The summed E-state index contributed by atoms with van der Waals surface area (Å²) in [6, 6.07) is 14.3. The second kappa shape index (κ2) is 7.19. The maximum absolute atomic E-state index is 12.4. The van der Waals surface area contributed by atoms with Gasteiger partial charge in [0.15, 0.2) is 11.5 Å². The highest BCUT2D eigenvalue weighted by atomic mass is 16.7. The number of anilines is 1. The standard InChI is InChI=1S/C21H19N3O4/c1-13-3-4-14(2)16(9-13)17-6-8-21(26)24(23-17)11-20(25)22-15-5-7-18-19(10-15)28-12-27-18/h3-10H,11-12H2,1-2H3,(H,22,25). The van der Waals surface area contributed by atoms with E-state index in [9.17, 15) is 9.59 Å². The van der Waals surface area contributed by atoms with Crippen molar-refractivity contribution in [3.63, 3.8) is 0 Å². The van der Waals surface area contributed by atoms with Gasteiger partial charge >= 0.3 is 0 Å². The van der Waals surface area contributed by atoms with Crippen molar-refractivity contribution in [2.45, 2.75) is 20.4 Å². The van der Waals surface area contributed by atoms with E-state index in [0.717, 1.165) is 16.7 Å². The zero-order valence-electron chi connectivity index (χ0n) is 15.6. The molecule has 1 aliphatic rings. The van der Waals surface area contributed by atoms with Crippen LogP contribution in [0.5, 0.6) is 11.5 Å². The number of hydrogen-bond acceptors (Lipinski definition) is 5. The Morgan fingerprint density at radius 3 is 2.75 bits per heavy atom. The van der Waals surface area contributed by atoms with Crippen LogP contribution in [0.3, 0.4) is 0 Å². The fourth-order valence-electron chi connectivity index (χ4n) is 3.03. The summed E-state index contributed by atoms with van der Waals surface area (Å²) in [6.45, 7) is 3.96. The molecule has 0 aliphatic carbocycles. The molecule has 2 aromatic carbocycles. The van der Waals surface area contributed by atoms with Crippen molar-refractivity contribution in [3.05, 3.63) is 70.0 Å². The van der Waals surface area contributed by atoms with Crippen molar-refractivity contribution in [2.24, 2.45) is 0 Å². The lowest BCUT2D eigenvalue weighted by Crippen LogP contribution is -2.29. The van der Waals surface area contributed by atoms with E-state index in [-0.39, 0.29) is 24.8 Å². The number of ether oxygens (including phenoxy) is 2. The minimum absolute atomic E-state index is 0.164. The van der Waals surface area contributed by atoms with E-state index < -0.39 is 0 Å².